The normalized spacial score (nSPS) is 13.4. The maximum atomic E-state index is 12.6. The van der Waals surface area contributed by atoms with Gasteiger partial charge in [-0.1, -0.05) is 54.9 Å². The fraction of sp³-hybridized carbons (Fsp3) is 0.211. The van der Waals surface area contributed by atoms with Crippen LogP contribution >= 0.6 is 11.6 Å². The Morgan fingerprint density at radius 3 is 2.52 bits per heavy atom. The van der Waals surface area contributed by atoms with E-state index in [-0.39, 0.29) is 5.91 Å². The Kier molecular flexibility index (Phi) is 4.86. The predicted octanol–water partition coefficient (Wildman–Crippen LogP) is 3.43. The topological polar surface area (TPSA) is 73.8 Å². The van der Waals surface area contributed by atoms with Crippen LogP contribution in [0.1, 0.15) is 18.9 Å². The van der Waals surface area contributed by atoms with Crippen molar-refractivity contribution in [2.24, 2.45) is 5.73 Å². The lowest BCUT2D eigenvalue weighted by molar-refractivity contribution is -0.124. The highest BCUT2D eigenvalue weighted by molar-refractivity contribution is 6.30. The van der Waals surface area contributed by atoms with Crippen molar-refractivity contribution >= 4 is 17.5 Å². The zero-order valence-corrected chi connectivity index (χ0v) is 14.6. The summed E-state index contributed by atoms with van der Waals surface area (Å²) in [6.45, 7) is 2.30. The van der Waals surface area contributed by atoms with E-state index in [0.29, 0.717) is 18.0 Å². The second-order valence-electron chi connectivity index (χ2n) is 5.95. The third-order valence-electron chi connectivity index (χ3n) is 4.57. The molecule has 0 saturated heterocycles. The van der Waals surface area contributed by atoms with Crippen molar-refractivity contribution in [2.45, 2.75) is 25.3 Å². The van der Waals surface area contributed by atoms with Crippen molar-refractivity contribution in [1.29, 1.82) is 0 Å². The van der Waals surface area contributed by atoms with Crippen LogP contribution in [0, 0.1) is 0 Å². The van der Waals surface area contributed by atoms with Crippen LogP contribution in [0.5, 0.6) is 0 Å². The van der Waals surface area contributed by atoms with Crippen molar-refractivity contribution in [2.75, 3.05) is 0 Å². The summed E-state index contributed by atoms with van der Waals surface area (Å²) in [5, 5.41) is 4.82. The number of hydrogen-bond acceptors (Lipinski definition) is 3. The van der Waals surface area contributed by atoms with E-state index in [2.05, 4.69) is 10.1 Å². The molecule has 1 atom stereocenters. The molecule has 2 aromatic carbocycles. The monoisotopic (exact) mass is 354 g/mol. The minimum Gasteiger partial charge on any atom is -0.369 e. The lowest BCUT2D eigenvalue weighted by Crippen LogP contribution is -2.44. The van der Waals surface area contributed by atoms with Gasteiger partial charge < -0.3 is 5.73 Å². The lowest BCUT2D eigenvalue weighted by Gasteiger charge is -2.31. The first-order chi connectivity index (χ1) is 12.1. The Morgan fingerprint density at radius 2 is 1.92 bits per heavy atom. The van der Waals surface area contributed by atoms with E-state index in [1.54, 1.807) is 11.0 Å². The summed E-state index contributed by atoms with van der Waals surface area (Å²) in [7, 11) is 0. The molecule has 5 nitrogen and oxygen atoms in total. The Balaban J connectivity index is 2.16. The van der Waals surface area contributed by atoms with Gasteiger partial charge in [-0.2, -0.15) is 5.10 Å². The number of aromatic nitrogens is 3. The maximum Gasteiger partial charge on any atom is 0.229 e. The molecule has 1 unspecified atom stereocenters. The molecule has 6 heteroatoms. The molecule has 3 rings (SSSR count). The predicted molar refractivity (Wildman–Crippen MR) is 98.1 cm³/mol. The number of primary amides is 1. The molecular weight excluding hydrogens is 336 g/mol. The van der Waals surface area contributed by atoms with E-state index in [0.717, 1.165) is 16.7 Å². The Morgan fingerprint density at radius 1 is 1.20 bits per heavy atom. The first kappa shape index (κ1) is 17.2. The third-order valence-corrected chi connectivity index (χ3v) is 4.82. The number of carbonyl (C=O) groups excluding carboxylic acids is 1. The largest absolute Gasteiger partial charge is 0.369 e. The van der Waals surface area contributed by atoms with Crippen molar-refractivity contribution in [1.82, 2.24) is 14.8 Å². The molecule has 0 aliphatic carbocycles. The average molecular weight is 355 g/mol. The molecule has 1 heterocycles. The molecule has 0 spiro atoms. The highest BCUT2D eigenvalue weighted by Crippen LogP contribution is 2.37. The second kappa shape index (κ2) is 7.07. The minimum absolute atomic E-state index is 0.337. The SMILES string of the molecule is CCC(Cn1cncn1)(C(N)=O)c1ccccc1-c1ccc(Cl)cc1. The van der Waals surface area contributed by atoms with Crippen molar-refractivity contribution in [3.63, 3.8) is 0 Å². The number of amides is 1. The zero-order chi connectivity index (χ0) is 17.9. The second-order valence-corrected chi connectivity index (χ2v) is 6.38. The fourth-order valence-corrected chi connectivity index (χ4v) is 3.27. The molecule has 25 heavy (non-hydrogen) atoms. The molecule has 0 fully saturated rings. The zero-order valence-electron chi connectivity index (χ0n) is 13.9. The number of nitrogens with zero attached hydrogens (tertiary/aromatic N) is 3. The van der Waals surface area contributed by atoms with Crippen molar-refractivity contribution < 1.29 is 4.79 Å². The van der Waals surface area contributed by atoms with Gasteiger partial charge in [-0.15, -0.1) is 0 Å². The summed E-state index contributed by atoms with van der Waals surface area (Å²) < 4.78 is 1.65. The van der Waals surface area contributed by atoms with Crippen molar-refractivity contribution in [3.8, 4) is 11.1 Å². The molecule has 128 valence electrons. The molecule has 0 radical (unpaired) electrons. The average Bonchev–Trinajstić information content (AvgIpc) is 3.13. The van der Waals surface area contributed by atoms with Gasteiger partial charge in [0.25, 0.3) is 0 Å². The number of carbonyl (C=O) groups is 1. The molecule has 0 saturated carbocycles. The van der Waals surface area contributed by atoms with Crippen LogP contribution in [-0.4, -0.2) is 20.7 Å². The van der Waals surface area contributed by atoms with Crippen molar-refractivity contribution in [3.05, 3.63) is 71.8 Å². The van der Waals surface area contributed by atoms with Gasteiger partial charge in [-0.3, -0.25) is 9.48 Å². The number of halogens is 1. The highest BCUT2D eigenvalue weighted by atomic mass is 35.5. The summed E-state index contributed by atoms with van der Waals surface area (Å²) in [6, 6.07) is 15.4. The molecule has 1 amide bonds. The van der Waals surface area contributed by atoms with E-state index in [1.165, 1.54) is 6.33 Å². The van der Waals surface area contributed by atoms with E-state index in [4.69, 9.17) is 17.3 Å². The minimum atomic E-state index is -0.885. The van der Waals surface area contributed by atoms with Crippen LogP contribution in [0.4, 0.5) is 0 Å². The van der Waals surface area contributed by atoms with Crippen LogP contribution in [0.25, 0.3) is 11.1 Å². The van der Waals surface area contributed by atoms with Gasteiger partial charge in [0.15, 0.2) is 0 Å². The van der Waals surface area contributed by atoms with E-state index in [9.17, 15) is 4.79 Å². The van der Waals surface area contributed by atoms with Gasteiger partial charge in [0.1, 0.15) is 12.7 Å². The number of rotatable bonds is 6. The van der Waals surface area contributed by atoms with E-state index in [1.807, 2.05) is 55.5 Å². The van der Waals surface area contributed by atoms with Crippen LogP contribution in [0.2, 0.25) is 5.02 Å². The standard InChI is InChI=1S/C19H19ClN4O/c1-2-19(18(21)25,11-24-13-22-12-23-24)17-6-4-3-5-16(17)14-7-9-15(20)10-8-14/h3-10,12-13H,2,11H2,1H3,(H2,21,25). The van der Waals surface area contributed by atoms with Crippen LogP contribution in [-0.2, 0) is 16.8 Å². The first-order valence-corrected chi connectivity index (χ1v) is 8.42. The smallest absolute Gasteiger partial charge is 0.229 e. The molecule has 0 bridgehead atoms. The Hall–Kier alpha value is -2.66. The molecule has 0 aliphatic heterocycles. The number of nitrogens with two attached hydrogens (primary N) is 1. The summed E-state index contributed by atoms with van der Waals surface area (Å²) in [4.78, 5) is 16.5. The Labute approximate surface area is 151 Å². The summed E-state index contributed by atoms with van der Waals surface area (Å²) in [5.41, 5.74) is 7.82. The summed E-state index contributed by atoms with van der Waals surface area (Å²) in [6.07, 6.45) is 3.59. The molecule has 0 aliphatic rings. The van der Waals surface area contributed by atoms with Crippen LogP contribution < -0.4 is 5.73 Å². The maximum absolute atomic E-state index is 12.6. The van der Waals surface area contributed by atoms with Gasteiger partial charge in [-0.25, -0.2) is 4.98 Å². The van der Waals surface area contributed by atoms with Gasteiger partial charge in [0, 0.05) is 5.02 Å². The van der Waals surface area contributed by atoms with Crippen LogP contribution in [0.3, 0.4) is 0 Å². The molecular formula is C19H19ClN4O. The molecule has 1 aromatic heterocycles. The summed E-state index contributed by atoms with van der Waals surface area (Å²) >= 11 is 6.01. The quantitative estimate of drug-likeness (QED) is 0.737. The number of benzene rings is 2. The van der Waals surface area contributed by atoms with Crippen LogP contribution in [0.15, 0.2) is 61.2 Å². The van der Waals surface area contributed by atoms with Gasteiger partial charge in [-0.05, 0) is 35.2 Å². The fourth-order valence-electron chi connectivity index (χ4n) is 3.14. The molecule has 3 aromatic rings. The first-order valence-electron chi connectivity index (χ1n) is 8.04. The van der Waals surface area contributed by atoms with Gasteiger partial charge in [0.05, 0.1) is 12.0 Å². The highest BCUT2D eigenvalue weighted by Gasteiger charge is 2.39. The lowest BCUT2D eigenvalue weighted by atomic mass is 9.74. The Bertz CT molecular complexity index is 861. The third kappa shape index (κ3) is 3.28. The summed E-state index contributed by atoms with van der Waals surface area (Å²) in [5.74, 6) is -0.382. The van der Waals surface area contributed by atoms with Gasteiger partial charge in [0.2, 0.25) is 5.91 Å². The number of hydrogen-bond donors (Lipinski definition) is 1. The van der Waals surface area contributed by atoms with Gasteiger partial charge >= 0.3 is 0 Å². The molecule has 2 N–H and O–H groups in total. The van der Waals surface area contributed by atoms with E-state index >= 15 is 0 Å². The van der Waals surface area contributed by atoms with E-state index < -0.39 is 5.41 Å².